The van der Waals surface area contributed by atoms with Gasteiger partial charge in [-0.2, -0.15) is 14.0 Å². The average Bonchev–Trinajstić information content (AvgIpc) is 2.62. The Balaban J connectivity index is 1.88. The third kappa shape index (κ3) is 6.27. The number of rotatable bonds is 7. The molecule has 0 heterocycles. The van der Waals surface area contributed by atoms with Crippen LogP contribution in [0.3, 0.4) is 0 Å². The van der Waals surface area contributed by atoms with Crippen molar-refractivity contribution in [3.8, 4) is 11.2 Å². The Bertz CT molecular complexity index is 867. The van der Waals surface area contributed by atoms with E-state index < -0.39 is 25.1 Å². The molecule has 0 spiro atoms. The number of nitrogens with zero attached hydrogens (tertiary/aromatic N) is 1. The second-order valence-corrected chi connectivity index (χ2v) is 6.06. The van der Waals surface area contributed by atoms with Gasteiger partial charge in [0, 0.05) is 10.6 Å². The number of nitrogens with one attached hydrogen (secondary N) is 1. The van der Waals surface area contributed by atoms with E-state index >= 15 is 0 Å². The maximum absolute atomic E-state index is 12.1. The molecule has 0 aliphatic carbocycles. The molecule has 0 atom stereocenters. The number of alkyl halides is 2. The summed E-state index contributed by atoms with van der Waals surface area (Å²) < 4.78 is 33.2. The fraction of sp³-hybridized carbons (Fsp3) is 0.167. The van der Waals surface area contributed by atoms with Gasteiger partial charge in [0.15, 0.2) is 6.61 Å². The van der Waals surface area contributed by atoms with E-state index in [-0.39, 0.29) is 11.3 Å². The van der Waals surface area contributed by atoms with Gasteiger partial charge in [0.1, 0.15) is 11.2 Å². The zero-order valence-electron chi connectivity index (χ0n) is 14.1. The predicted octanol–water partition coefficient (Wildman–Crippen LogP) is 3.97. The number of anilines is 1. The van der Waals surface area contributed by atoms with Crippen LogP contribution in [0.15, 0.2) is 47.4 Å². The van der Waals surface area contributed by atoms with Crippen molar-refractivity contribution >= 4 is 29.3 Å². The lowest BCUT2D eigenvalue weighted by Crippen LogP contribution is -2.21. The molecule has 2 rings (SSSR count). The van der Waals surface area contributed by atoms with Crippen molar-refractivity contribution < 1.29 is 27.8 Å². The first-order valence-corrected chi connectivity index (χ1v) is 8.39. The number of carbonyl (C=O) groups is 2. The van der Waals surface area contributed by atoms with Crippen LogP contribution in [0.4, 0.5) is 14.5 Å². The lowest BCUT2D eigenvalue weighted by Gasteiger charge is -2.10. The van der Waals surface area contributed by atoms with Crippen LogP contribution in [-0.4, -0.2) is 25.1 Å². The summed E-state index contributed by atoms with van der Waals surface area (Å²) in [6.45, 7) is -1.70. The first-order chi connectivity index (χ1) is 12.9. The van der Waals surface area contributed by atoms with E-state index in [0.717, 1.165) is 22.2 Å². The number of esters is 1. The van der Waals surface area contributed by atoms with Crippen molar-refractivity contribution in [3.05, 3.63) is 53.6 Å². The largest absolute Gasteiger partial charge is 0.452 e. The van der Waals surface area contributed by atoms with Crippen molar-refractivity contribution in [1.29, 1.82) is 5.26 Å². The highest BCUT2D eigenvalue weighted by Crippen LogP contribution is 2.23. The topological polar surface area (TPSA) is 88.4 Å². The molecule has 0 unspecified atom stereocenters. The third-order valence-electron chi connectivity index (χ3n) is 3.29. The number of nitriles is 1. The van der Waals surface area contributed by atoms with Crippen molar-refractivity contribution in [1.82, 2.24) is 0 Å². The van der Waals surface area contributed by atoms with E-state index in [9.17, 15) is 18.4 Å². The Labute approximate surface area is 158 Å². The molecule has 2 aromatic rings. The van der Waals surface area contributed by atoms with Crippen LogP contribution in [0, 0.1) is 17.6 Å². The average molecular weight is 392 g/mol. The summed E-state index contributed by atoms with van der Waals surface area (Å²) in [6.07, 6.45) is 0. The molecule has 1 N–H and O–H groups in total. The second-order valence-electron chi connectivity index (χ2n) is 5.20. The van der Waals surface area contributed by atoms with Gasteiger partial charge in [-0.05, 0) is 66.7 Å². The number of ether oxygens (including phenoxy) is 2. The highest BCUT2D eigenvalue weighted by atomic mass is 32.2. The van der Waals surface area contributed by atoms with Gasteiger partial charge in [-0.15, -0.1) is 0 Å². The van der Waals surface area contributed by atoms with Crippen molar-refractivity contribution in [2.45, 2.75) is 18.4 Å². The van der Waals surface area contributed by atoms with Gasteiger partial charge in [0.05, 0.1) is 5.56 Å². The number of halogens is 2. The van der Waals surface area contributed by atoms with Crippen LogP contribution in [0.5, 0.6) is 5.75 Å². The summed E-state index contributed by atoms with van der Waals surface area (Å²) in [5.41, 5.74) is 1.38. The first-order valence-electron chi connectivity index (χ1n) is 7.57. The summed E-state index contributed by atoms with van der Waals surface area (Å²) in [5, 5.41) is 13.2. The zero-order chi connectivity index (χ0) is 19.8. The molecule has 0 aromatic heterocycles. The van der Waals surface area contributed by atoms with Gasteiger partial charge in [0.2, 0.25) is 0 Å². The minimum atomic E-state index is -2.96. The highest BCUT2D eigenvalue weighted by molar-refractivity contribution is 8.03. The SMILES string of the molecule is Cc1cc(SC#N)ccc1NC(=O)COC(=O)c1ccc(OC(F)F)cc1. The summed E-state index contributed by atoms with van der Waals surface area (Å²) in [4.78, 5) is 24.6. The normalized spacial score (nSPS) is 10.2. The predicted molar refractivity (Wildman–Crippen MR) is 94.6 cm³/mol. The molecule has 140 valence electrons. The molecule has 27 heavy (non-hydrogen) atoms. The van der Waals surface area contributed by atoms with Gasteiger partial charge in [-0.1, -0.05) is 0 Å². The van der Waals surface area contributed by atoms with E-state index in [1.54, 1.807) is 25.1 Å². The zero-order valence-corrected chi connectivity index (χ0v) is 14.9. The van der Waals surface area contributed by atoms with Crippen molar-refractivity contribution in [2.24, 2.45) is 0 Å². The Morgan fingerprint density at radius 1 is 1.22 bits per heavy atom. The molecular weight excluding hydrogens is 378 g/mol. The molecule has 2 aromatic carbocycles. The van der Waals surface area contributed by atoms with E-state index in [2.05, 4.69) is 10.1 Å². The van der Waals surface area contributed by atoms with Gasteiger partial charge in [-0.25, -0.2) is 4.79 Å². The highest BCUT2D eigenvalue weighted by Gasteiger charge is 2.12. The summed E-state index contributed by atoms with van der Waals surface area (Å²) in [7, 11) is 0. The Hall–Kier alpha value is -3.12. The van der Waals surface area contributed by atoms with Crippen LogP contribution in [0.2, 0.25) is 0 Å². The number of aryl methyl sites for hydroxylation is 1. The number of hydrogen-bond acceptors (Lipinski definition) is 6. The minimum Gasteiger partial charge on any atom is -0.452 e. The molecule has 9 heteroatoms. The Kier molecular flexibility index (Phi) is 7.14. The van der Waals surface area contributed by atoms with Crippen LogP contribution < -0.4 is 10.1 Å². The van der Waals surface area contributed by atoms with Crippen LogP contribution in [0.25, 0.3) is 0 Å². The maximum Gasteiger partial charge on any atom is 0.387 e. The lowest BCUT2D eigenvalue weighted by atomic mass is 10.2. The van der Waals surface area contributed by atoms with Crippen molar-refractivity contribution in [2.75, 3.05) is 11.9 Å². The molecule has 0 saturated heterocycles. The van der Waals surface area contributed by atoms with Crippen LogP contribution in [0.1, 0.15) is 15.9 Å². The molecule has 0 bridgehead atoms. The van der Waals surface area contributed by atoms with Crippen LogP contribution >= 0.6 is 11.8 Å². The smallest absolute Gasteiger partial charge is 0.387 e. The monoisotopic (exact) mass is 392 g/mol. The lowest BCUT2D eigenvalue weighted by molar-refractivity contribution is -0.119. The molecular formula is C18H14F2N2O4S. The molecule has 0 aliphatic heterocycles. The van der Waals surface area contributed by atoms with E-state index in [1.165, 1.54) is 24.3 Å². The number of benzene rings is 2. The third-order valence-corrected chi connectivity index (χ3v) is 3.87. The number of thiocyanates is 1. The van der Waals surface area contributed by atoms with Gasteiger partial charge >= 0.3 is 12.6 Å². The molecule has 0 fully saturated rings. The van der Waals surface area contributed by atoms with E-state index in [1.807, 2.05) is 5.40 Å². The van der Waals surface area contributed by atoms with Crippen molar-refractivity contribution in [3.63, 3.8) is 0 Å². The molecule has 6 nitrogen and oxygen atoms in total. The Morgan fingerprint density at radius 3 is 2.52 bits per heavy atom. The molecule has 0 aliphatic rings. The van der Waals surface area contributed by atoms with E-state index in [0.29, 0.717) is 5.69 Å². The number of amides is 1. The summed E-state index contributed by atoms with van der Waals surface area (Å²) in [5.74, 6) is -1.40. The standard InChI is InChI=1S/C18H14F2N2O4S/c1-11-8-14(27-10-21)6-7-15(11)22-16(23)9-25-17(24)12-2-4-13(5-3-12)26-18(19)20/h2-8,18H,9H2,1H3,(H,22,23). The Morgan fingerprint density at radius 2 is 1.93 bits per heavy atom. The van der Waals surface area contributed by atoms with Gasteiger partial charge in [0.25, 0.3) is 5.91 Å². The molecule has 1 amide bonds. The fourth-order valence-electron chi connectivity index (χ4n) is 2.07. The summed E-state index contributed by atoms with van der Waals surface area (Å²) >= 11 is 1.01. The van der Waals surface area contributed by atoms with E-state index in [4.69, 9.17) is 10.00 Å². The molecule has 0 radical (unpaired) electrons. The summed E-state index contributed by atoms with van der Waals surface area (Å²) in [6, 6.07) is 10.0. The van der Waals surface area contributed by atoms with Crippen LogP contribution in [-0.2, 0) is 9.53 Å². The minimum absolute atomic E-state index is 0.0900. The quantitative estimate of drug-likeness (QED) is 0.436. The fourth-order valence-corrected chi connectivity index (χ4v) is 2.54. The molecule has 0 saturated carbocycles. The first kappa shape index (κ1) is 20.2. The number of thioether (sulfide) groups is 1. The number of hydrogen-bond donors (Lipinski definition) is 1. The number of carbonyl (C=O) groups excluding carboxylic acids is 2. The maximum atomic E-state index is 12.1. The van der Waals surface area contributed by atoms with Gasteiger partial charge < -0.3 is 14.8 Å². The second kappa shape index (κ2) is 9.54. The van der Waals surface area contributed by atoms with Gasteiger partial charge in [-0.3, -0.25) is 4.79 Å².